The Morgan fingerprint density at radius 1 is 1.30 bits per heavy atom. The van der Waals surface area contributed by atoms with Crippen molar-refractivity contribution in [2.75, 3.05) is 5.32 Å². The zero-order valence-corrected chi connectivity index (χ0v) is 19.6. The molecule has 0 saturated heterocycles. The minimum atomic E-state index is -4.27. The fourth-order valence-electron chi connectivity index (χ4n) is 2.90. The molecule has 1 unspecified atom stereocenters. The van der Waals surface area contributed by atoms with E-state index in [1.54, 1.807) is 24.3 Å². The molecule has 0 fully saturated rings. The van der Waals surface area contributed by atoms with Gasteiger partial charge in [0.15, 0.2) is 5.60 Å². The Kier molecular flexibility index (Phi) is 9.97. The second kappa shape index (κ2) is 12.9. The zero-order chi connectivity index (χ0) is 27.5. The maximum atomic E-state index is 15.6. The molecule has 1 aromatic heterocycles. The summed E-state index contributed by atoms with van der Waals surface area (Å²) in [6.07, 6.45) is 4.64. The quantitative estimate of drug-likeness (QED) is 0.215. The van der Waals surface area contributed by atoms with Gasteiger partial charge in [0.05, 0.1) is 12.9 Å². The summed E-state index contributed by atoms with van der Waals surface area (Å²) < 4.78 is 58.7. The SMILES string of the molecule is C=CC(=N/C=C/C#Cc1ccc(NC(C)=O)cc1)C(F)(F)C(O)(Cn1cnnn1)C(/C=C\C(=C)F)=C\F. The summed E-state index contributed by atoms with van der Waals surface area (Å²) in [7, 11) is 0. The number of alkyl halides is 2. The first-order valence-electron chi connectivity index (χ1n) is 10.4. The van der Waals surface area contributed by atoms with Crippen LogP contribution in [0.25, 0.3) is 0 Å². The number of hydrogen-bond acceptors (Lipinski definition) is 6. The molecule has 2 N–H and O–H groups in total. The van der Waals surface area contributed by atoms with Crippen LogP contribution < -0.4 is 5.32 Å². The molecule has 2 rings (SSSR count). The Hall–Kier alpha value is -4.63. The van der Waals surface area contributed by atoms with Crippen molar-refractivity contribution in [1.29, 1.82) is 0 Å². The number of rotatable bonds is 10. The predicted octanol–water partition coefficient (Wildman–Crippen LogP) is 4.08. The predicted molar refractivity (Wildman–Crippen MR) is 131 cm³/mol. The van der Waals surface area contributed by atoms with Gasteiger partial charge in [-0.05, 0) is 46.8 Å². The summed E-state index contributed by atoms with van der Waals surface area (Å²) in [5, 5.41) is 23.7. The van der Waals surface area contributed by atoms with Gasteiger partial charge in [-0.15, -0.1) is 5.10 Å². The second-order valence-electron chi connectivity index (χ2n) is 7.35. The Morgan fingerprint density at radius 3 is 2.54 bits per heavy atom. The van der Waals surface area contributed by atoms with E-state index in [0.29, 0.717) is 29.5 Å². The number of aliphatic imine (C=N–C) groups is 1. The van der Waals surface area contributed by atoms with Crippen molar-refractivity contribution in [1.82, 2.24) is 20.2 Å². The van der Waals surface area contributed by atoms with Crippen molar-refractivity contribution >= 4 is 17.3 Å². The number of aliphatic hydroxyl groups is 1. The number of carbonyl (C=O) groups is 1. The van der Waals surface area contributed by atoms with Crippen LogP contribution in [0.15, 0.2) is 97.0 Å². The molecule has 0 aliphatic carbocycles. The van der Waals surface area contributed by atoms with Gasteiger partial charge in [0.2, 0.25) is 5.91 Å². The number of benzene rings is 1. The first-order chi connectivity index (χ1) is 17.5. The minimum Gasteiger partial charge on any atom is -0.377 e. The van der Waals surface area contributed by atoms with Gasteiger partial charge >= 0.3 is 5.92 Å². The number of nitrogens with zero attached hydrogens (tertiary/aromatic N) is 5. The summed E-state index contributed by atoms with van der Waals surface area (Å²) in [4.78, 5) is 14.7. The zero-order valence-electron chi connectivity index (χ0n) is 19.6. The van der Waals surface area contributed by atoms with Crippen molar-refractivity contribution in [3.63, 3.8) is 0 Å². The van der Waals surface area contributed by atoms with Crippen LogP contribution in [0, 0.1) is 11.8 Å². The van der Waals surface area contributed by atoms with Gasteiger partial charge < -0.3 is 10.4 Å². The van der Waals surface area contributed by atoms with Gasteiger partial charge in [0, 0.05) is 36.0 Å². The Morgan fingerprint density at radius 2 is 2.00 bits per heavy atom. The molecular formula is C25H22F4N6O2. The summed E-state index contributed by atoms with van der Waals surface area (Å²) in [5.41, 5.74) is -4.18. The number of hydrogen-bond donors (Lipinski definition) is 2. The highest BCUT2D eigenvalue weighted by Crippen LogP contribution is 2.39. The topological polar surface area (TPSA) is 105 Å². The molecule has 0 aliphatic rings. The number of anilines is 1. The van der Waals surface area contributed by atoms with Crippen LogP contribution in [-0.4, -0.2) is 48.5 Å². The highest BCUT2D eigenvalue weighted by Gasteiger charge is 2.58. The summed E-state index contributed by atoms with van der Waals surface area (Å²) in [6.45, 7) is 6.59. The van der Waals surface area contributed by atoms with Gasteiger partial charge in [-0.25, -0.2) is 13.5 Å². The van der Waals surface area contributed by atoms with Crippen molar-refractivity contribution in [3.8, 4) is 11.8 Å². The average molecular weight is 514 g/mol. The molecule has 1 atom stereocenters. The fourth-order valence-corrected chi connectivity index (χ4v) is 2.90. The van der Waals surface area contributed by atoms with E-state index in [9.17, 15) is 18.7 Å². The number of allylic oxidation sites excluding steroid dienone is 4. The minimum absolute atomic E-state index is 0.225. The molecule has 0 bridgehead atoms. The van der Waals surface area contributed by atoms with E-state index in [-0.39, 0.29) is 12.2 Å². The molecule has 1 heterocycles. The van der Waals surface area contributed by atoms with E-state index >= 15 is 8.78 Å². The average Bonchev–Trinajstić information content (AvgIpc) is 3.34. The molecular weight excluding hydrogens is 492 g/mol. The highest BCUT2D eigenvalue weighted by atomic mass is 19.3. The molecule has 12 heteroatoms. The van der Waals surface area contributed by atoms with E-state index in [1.807, 2.05) is 0 Å². The monoisotopic (exact) mass is 514 g/mol. The fraction of sp³-hybridized carbons (Fsp3) is 0.160. The van der Waals surface area contributed by atoms with Crippen LogP contribution in [-0.2, 0) is 11.3 Å². The molecule has 37 heavy (non-hydrogen) atoms. The lowest BCUT2D eigenvalue weighted by Crippen LogP contribution is -2.56. The third-order valence-corrected chi connectivity index (χ3v) is 4.65. The number of amides is 1. The van der Waals surface area contributed by atoms with E-state index in [0.717, 1.165) is 17.2 Å². The van der Waals surface area contributed by atoms with Gasteiger partial charge in [-0.1, -0.05) is 31.1 Å². The van der Waals surface area contributed by atoms with E-state index < -0.39 is 35.2 Å². The number of carbonyl (C=O) groups excluding carboxylic acids is 1. The van der Waals surface area contributed by atoms with E-state index in [2.05, 4.69) is 50.8 Å². The number of halogens is 4. The van der Waals surface area contributed by atoms with Crippen LogP contribution in [0.5, 0.6) is 0 Å². The van der Waals surface area contributed by atoms with Crippen LogP contribution in [0.3, 0.4) is 0 Å². The second-order valence-corrected chi connectivity index (χ2v) is 7.35. The van der Waals surface area contributed by atoms with Crippen LogP contribution in [0.4, 0.5) is 23.2 Å². The molecule has 8 nitrogen and oxygen atoms in total. The largest absolute Gasteiger partial charge is 0.377 e. The molecule has 0 saturated carbocycles. The van der Waals surface area contributed by atoms with Gasteiger partial charge in [-0.3, -0.25) is 9.79 Å². The molecule has 0 spiro atoms. The van der Waals surface area contributed by atoms with Crippen molar-refractivity contribution in [3.05, 3.63) is 97.5 Å². The highest BCUT2D eigenvalue weighted by molar-refractivity contribution is 6.02. The standard InChI is InChI=1S/C25H22F4N6O2/c1-4-23(30-14-6-5-7-20-9-12-22(13-10-20)32-19(3)36)25(28,29)24(37,16-35-17-31-33-34-35)21(15-26)11-8-18(2)27/h4,6,8-15,17,37H,1-2,16H2,3H3,(H,32,36)/b11-8-,14-6+,21-15-,30-23?. The molecule has 2 aromatic rings. The smallest absolute Gasteiger partial charge is 0.323 e. The normalized spacial score (nSPS) is 14.2. The lowest BCUT2D eigenvalue weighted by Gasteiger charge is -2.36. The number of tetrazole rings is 1. The van der Waals surface area contributed by atoms with E-state index in [1.165, 1.54) is 13.0 Å². The summed E-state index contributed by atoms with van der Waals surface area (Å²) in [5.74, 6) is -0.195. The lowest BCUT2D eigenvalue weighted by molar-refractivity contribution is -0.120. The first kappa shape index (κ1) is 28.6. The Balaban J connectivity index is 2.36. The number of nitrogens with one attached hydrogen (secondary N) is 1. The summed E-state index contributed by atoms with van der Waals surface area (Å²) >= 11 is 0. The first-order valence-corrected chi connectivity index (χ1v) is 10.4. The molecule has 1 amide bonds. The third kappa shape index (κ3) is 7.68. The molecule has 1 aromatic carbocycles. The van der Waals surface area contributed by atoms with Gasteiger partial charge in [0.1, 0.15) is 17.9 Å². The van der Waals surface area contributed by atoms with Crippen molar-refractivity contribution in [2.45, 2.75) is 25.0 Å². The van der Waals surface area contributed by atoms with Crippen molar-refractivity contribution in [2.24, 2.45) is 4.99 Å². The molecule has 0 aliphatic heterocycles. The number of aromatic nitrogens is 4. The van der Waals surface area contributed by atoms with Gasteiger partial charge in [-0.2, -0.15) is 8.78 Å². The maximum absolute atomic E-state index is 15.6. The van der Waals surface area contributed by atoms with Crippen LogP contribution in [0.2, 0.25) is 0 Å². The van der Waals surface area contributed by atoms with Crippen molar-refractivity contribution < 1.29 is 27.5 Å². The van der Waals surface area contributed by atoms with Crippen LogP contribution >= 0.6 is 0 Å². The molecule has 192 valence electrons. The summed E-state index contributed by atoms with van der Waals surface area (Å²) in [6, 6.07) is 6.56. The lowest BCUT2D eigenvalue weighted by atomic mass is 9.84. The van der Waals surface area contributed by atoms with E-state index in [4.69, 9.17) is 0 Å². The van der Waals surface area contributed by atoms with Crippen LogP contribution in [0.1, 0.15) is 12.5 Å². The van der Waals surface area contributed by atoms with Gasteiger partial charge in [0.25, 0.3) is 0 Å². The Labute approximate surface area is 210 Å². The maximum Gasteiger partial charge on any atom is 0.323 e. The molecule has 0 radical (unpaired) electrons. The third-order valence-electron chi connectivity index (χ3n) is 4.65. The Bertz CT molecular complexity index is 1300.